The van der Waals surface area contributed by atoms with Crippen molar-refractivity contribution in [2.24, 2.45) is 20.5 Å². The van der Waals surface area contributed by atoms with Gasteiger partial charge >= 0.3 is 34.1 Å². The molecule has 1 aromatic heterocycles. The van der Waals surface area contributed by atoms with Gasteiger partial charge in [0.25, 0.3) is 11.8 Å². The van der Waals surface area contributed by atoms with Gasteiger partial charge in [-0.2, -0.15) is 0 Å². The Kier molecular flexibility index (Phi) is 8.78. The zero-order valence-corrected chi connectivity index (χ0v) is 21.3. The standard InChI is InChI=1S/C14N20O13/c15-25-19-3-7(29(35)36)1(8(30(37)38)4(20-26-16)11(3)33(43)44)13-23-24-14(47-13)2-9(31(39)40)5(21-27-17)12(34(45)46)6(22-28-18)10(2)32(41)42. The Morgan fingerprint density at radius 2 is 0.660 bits per heavy atom. The number of nitrogens with zero attached hydrogens (tertiary/aromatic N) is 20. The summed E-state index contributed by atoms with van der Waals surface area (Å²) >= 11 is 0. The summed E-state index contributed by atoms with van der Waals surface area (Å²) in [7, 11) is 0. The average Bonchev–Trinajstić information content (AvgIpc) is 3.45. The van der Waals surface area contributed by atoms with Crippen molar-refractivity contribution in [2.75, 3.05) is 0 Å². The molecule has 0 bridgehead atoms. The Morgan fingerprint density at radius 1 is 0.447 bits per heavy atom. The maximum absolute atomic E-state index is 12.1. The monoisotopic (exact) mass is 656 g/mol. The van der Waals surface area contributed by atoms with Crippen LogP contribution in [0.15, 0.2) is 24.9 Å². The largest absolute Gasteiger partial charge is 0.415 e. The summed E-state index contributed by atoms with van der Waals surface area (Å²) in [6.07, 6.45) is 0. The summed E-state index contributed by atoms with van der Waals surface area (Å²) in [6, 6.07) is 0. The summed E-state index contributed by atoms with van der Waals surface area (Å²) < 4.78 is 5.03. The molecule has 47 heavy (non-hydrogen) atoms. The Labute approximate surface area is 247 Å². The van der Waals surface area contributed by atoms with Crippen LogP contribution in [0.1, 0.15) is 0 Å². The van der Waals surface area contributed by atoms with Crippen molar-refractivity contribution in [1.82, 2.24) is 10.2 Å². The lowest BCUT2D eigenvalue weighted by molar-refractivity contribution is -0.400. The lowest BCUT2D eigenvalue weighted by Crippen LogP contribution is -2.03. The third-order valence-electron chi connectivity index (χ3n) is 5.27. The van der Waals surface area contributed by atoms with Gasteiger partial charge in [0.15, 0.2) is 33.9 Å². The zero-order valence-electron chi connectivity index (χ0n) is 21.3. The highest BCUT2D eigenvalue weighted by Crippen LogP contribution is 2.58. The molecule has 0 amide bonds. The predicted octanol–water partition coefficient (Wildman–Crippen LogP) is 6.62. The molecule has 0 atom stereocenters. The topological polar surface area (TPSA) is 493 Å². The van der Waals surface area contributed by atoms with E-state index in [1.54, 1.807) is 0 Å². The minimum Gasteiger partial charge on any atom is -0.415 e. The van der Waals surface area contributed by atoms with E-state index >= 15 is 0 Å². The second-order valence-electron chi connectivity index (χ2n) is 7.45. The van der Waals surface area contributed by atoms with Crippen LogP contribution in [0.4, 0.5) is 56.9 Å². The van der Waals surface area contributed by atoms with Crippen molar-refractivity contribution in [1.29, 1.82) is 0 Å². The number of aromatic nitrogens is 2. The highest BCUT2D eigenvalue weighted by atomic mass is 16.7. The van der Waals surface area contributed by atoms with E-state index in [2.05, 4.69) is 50.3 Å². The Hall–Kier alpha value is -8.78. The summed E-state index contributed by atoms with van der Waals surface area (Å²) in [4.78, 5) is 70.8. The van der Waals surface area contributed by atoms with Gasteiger partial charge in [-0.3, -0.25) is 60.7 Å². The van der Waals surface area contributed by atoms with Crippen LogP contribution in [0, 0.1) is 60.7 Å². The fourth-order valence-electron chi connectivity index (χ4n) is 3.82. The first-order valence-corrected chi connectivity index (χ1v) is 10.6. The van der Waals surface area contributed by atoms with Gasteiger partial charge in [-0.05, 0) is 42.6 Å². The summed E-state index contributed by atoms with van der Waals surface area (Å²) in [5, 5.41) is 89.1. The molecule has 0 aliphatic carbocycles. The summed E-state index contributed by atoms with van der Waals surface area (Å²) in [5.41, 5.74) is 15.0. The molecular formula is C14N20O13. The lowest BCUT2D eigenvalue weighted by Gasteiger charge is -2.08. The fraction of sp³-hybridized carbons (Fsp3) is 0. The van der Waals surface area contributed by atoms with Crippen molar-refractivity contribution in [3.63, 3.8) is 0 Å². The van der Waals surface area contributed by atoms with Gasteiger partial charge in [-0.15, -0.1) is 10.2 Å². The first kappa shape index (κ1) is 32.7. The Morgan fingerprint density at radius 3 is 0.830 bits per heavy atom. The molecule has 0 saturated carbocycles. The lowest BCUT2D eigenvalue weighted by atomic mass is 10.0. The number of rotatable bonds is 12. The zero-order chi connectivity index (χ0) is 35.3. The van der Waals surface area contributed by atoms with E-state index in [0.29, 0.717) is 0 Å². The molecule has 234 valence electrons. The van der Waals surface area contributed by atoms with Gasteiger partial charge in [-0.25, -0.2) is 0 Å². The summed E-state index contributed by atoms with van der Waals surface area (Å²) in [6.45, 7) is 0. The molecule has 0 N–H and O–H groups in total. The van der Waals surface area contributed by atoms with Crippen LogP contribution in [0.3, 0.4) is 0 Å². The van der Waals surface area contributed by atoms with Crippen LogP contribution < -0.4 is 0 Å². The molecule has 33 nitrogen and oxygen atoms in total. The van der Waals surface area contributed by atoms with Crippen molar-refractivity contribution >= 4 is 56.9 Å². The number of benzene rings is 2. The normalized spacial score (nSPS) is 9.87. The molecule has 33 heteroatoms. The molecule has 0 fully saturated rings. The van der Waals surface area contributed by atoms with Crippen LogP contribution >= 0.6 is 0 Å². The molecule has 0 spiro atoms. The van der Waals surface area contributed by atoms with Crippen LogP contribution in [-0.4, -0.2) is 39.7 Å². The van der Waals surface area contributed by atoms with E-state index in [-0.39, 0.29) is 0 Å². The van der Waals surface area contributed by atoms with E-state index in [0.717, 1.165) is 0 Å². The third kappa shape index (κ3) is 5.43. The third-order valence-corrected chi connectivity index (χ3v) is 5.27. The smallest absolute Gasteiger partial charge is 0.305 e. The molecule has 3 aromatic rings. The molecule has 0 unspecified atom stereocenters. The predicted molar refractivity (Wildman–Crippen MR) is 140 cm³/mol. The molecule has 3 rings (SSSR count). The summed E-state index contributed by atoms with van der Waals surface area (Å²) in [5.74, 6) is -3.09. The number of azide groups is 4. The Balaban J connectivity index is 2.77. The average molecular weight is 656 g/mol. The number of hydrogen-bond donors (Lipinski definition) is 0. The van der Waals surface area contributed by atoms with Gasteiger partial charge in [0.1, 0.15) is 0 Å². The van der Waals surface area contributed by atoms with Gasteiger partial charge in [0.2, 0.25) is 0 Å². The highest BCUT2D eigenvalue weighted by molar-refractivity contribution is 6.00. The molecule has 1 heterocycles. The van der Waals surface area contributed by atoms with Crippen LogP contribution in [-0.2, 0) is 0 Å². The number of hydrogen-bond acceptors (Lipinski definition) is 19. The van der Waals surface area contributed by atoms with E-state index in [1.165, 1.54) is 0 Å². The number of nitro groups is 6. The minimum atomic E-state index is -1.83. The van der Waals surface area contributed by atoms with Crippen molar-refractivity contribution in [3.8, 4) is 22.9 Å². The van der Waals surface area contributed by atoms with Gasteiger partial charge in [0, 0.05) is 19.6 Å². The maximum Gasteiger partial charge on any atom is 0.305 e. The minimum absolute atomic E-state index is 1.55. The van der Waals surface area contributed by atoms with Crippen LogP contribution in [0.5, 0.6) is 0 Å². The SMILES string of the molecule is [N-]=[N+]=Nc1c([N+](=O)[O-])c(N=[N+]=[N-])c([N+](=O)[O-])c(-c2nnc(-c3c([N+](=O)[O-])c(N=[N+]=[N-])c([N+](=O)[O-])c(N=[N+]=[N-])c3[N+](=O)[O-])o2)c1[N+](=O)[O-]. The Bertz CT molecular complexity index is 1930. The quantitative estimate of drug-likeness (QED) is 0.0649. The van der Waals surface area contributed by atoms with Gasteiger partial charge in [0.05, 0.1) is 29.5 Å². The van der Waals surface area contributed by atoms with E-state index in [1.807, 2.05) is 0 Å². The van der Waals surface area contributed by atoms with E-state index in [9.17, 15) is 60.7 Å². The van der Waals surface area contributed by atoms with Gasteiger partial charge in [-0.1, -0.05) is 0 Å². The first-order valence-electron chi connectivity index (χ1n) is 10.6. The molecular weight excluding hydrogens is 656 g/mol. The molecule has 2 aromatic carbocycles. The number of nitro benzene ring substituents is 6. The van der Waals surface area contributed by atoms with E-state index in [4.69, 9.17) is 26.5 Å². The van der Waals surface area contributed by atoms with E-state index < -0.39 is 109 Å². The fourth-order valence-corrected chi connectivity index (χ4v) is 3.82. The highest BCUT2D eigenvalue weighted by Gasteiger charge is 2.47. The van der Waals surface area contributed by atoms with Crippen molar-refractivity contribution < 1.29 is 34.0 Å². The second-order valence-corrected chi connectivity index (χ2v) is 7.45. The van der Waals surface area contributed by atoms with Crippen molar-refractivity contribution in [3.05, 3.63) is 102 Å². The van der Waals surface area contributed by atoms with Crippen LogP contribution in [0.2, 0.25) is 0 Å². The molecule has 0 aliphatic heterocycles. The molecule has 0 aliphatic rings. The molecule has 0 saturated heterocycles. The first-order chi connectivity index (χ1) is 22.2. The van der Waals surface area contributed by atoms with Gasteiger partial charge < -0.3 is 4.42 Å². The maximum atomic E-state index is 12.1. The van der Waals surface area contributed by atoms with Crippen molar-refractivity contribution in [2.45, 2.75) is 0 Å². The second kappa shape index (κ2) is 12.6. The molecule has 0 radical (unpaired) electrons. The van der Waals surface area contributed by atoms with Crippen LogP contribution in [0.25, 0.3) is 64.7 Å².